The van der Waals surface area contributed by atoms with Gasteiger partial charge in [-0.05, 0) is 31.0 Å². The van der Waals surface area contributed by atoms with Gasteiger partial charge in [0, 0.05) is 16.8 Å². The van der Waals surface area contributed by atoms with Gasteiger partial charge in [-0.3, -0.25) is 4.79 Å². The molecule has 3 nitrogen and oxygen atoms in total. The van der Waals surface area contributed by atoms with E-state index in [4.69, 9.17) is 16.7 Å². The highest BCUT2D eigenvalue weighted by atomic mass is 35.5. The molecule has 1 aliphatic rings. The van der Waals surface area contributed by atoms with Crippen molar-refractivity contribution in [3.8, 4) is 0 Å². The fourth-order valence-electron chi connectivity index (χ4n) is 1.59. The van der Waals surface area contributed by atoms with Crippen LogP contribution in [-0.2, 0) is 4.79 Å². The van der Waals surface area contributed by atoms with Gasteiger partial charge in [-0.15, -0.1) is 0 Å². The Hall–Kier alpha value is -1.22. The van der Waals surface area contributed by atoms with Crippen molar-refractivity contribution in [1.82, 2.24) is 0 Å². The molecule has 1 aromatic rings. The molecule has 0 spiro atoms. The number of carboxylic acids is 1. The van der Waals surface area contributed by atoms with E-state index in [0.717, 1.165) is 11.3 Å². The normalized spacial score (nSPS) is 23.6. The van der Waals surface area contributed by atoms with Crippen molar-refractivity contribution in [1.29, 1.82) is 0 Å². The van der Waals surface area contributed by atoms with E-state index >= 15 is 0 Å². The average Bonchev–Trinajstić information content (AvgIpc) is 2.92. The number of rotatable bonds is 3. The lowest BCUT2D eigenvalue weighted by atomic mass is 10.2. The molecule has 80 valence electrons. The highest BCUT2D eigenvalue weighted by molar-refractivity contribution is 6.31. The van der Waals surface area contributed by atoms with E-state index in [1.165, 1.54) is 0 Å². The Bertz CT molecular complexity index is 406. The van der Waals surface area contributed by atoms with E-state index in [0.29, 0.717) is 11.4 Å². The molecule has 0 saturated heterocycles. The van der Waals surface area contributed by atoms with Gasteiger partial charge in [0.1, 0.15) is 0 Å². The molecule has 0 bridgehead atoms. The Morgan fingerprint density at radius 3 is 2.93 bits per heavy atom. The Morgan fingerprint density at radius 2 is 2.33 bits per heavy atom. The van der Waals surface area contributed by atoms with Crippen LogP contribution in [0, 0.1) is 12.8 Å². The number of nitrogens with one attached hydrogen (secondary N) is 1. The summed E-state index contributed by atoms with van der Waals surface area (Å²) in [7, 11) is 0. The molecule has 2 rings (SSSR count). The van der Waals surface area contributed by atoms with Gasteiger partial charge >= 0.3 is 5.97 Å². The molecular weight excluding hydrogens is 214 g/mol. The summed E-state index contributed by atoms with van der Waals surface area (Å²) in [5.41, 5.74) is 1.89. The number of benzene rings is 1. The number of carboxylic acid groups (broad SMARTS) is 1. The summed E-state index contributed by atoms with van der Waals surface area (Å²) in [4.78, 5) is 10.6. The van der Waals surface area contributed by atoms with Crippen LogP contribution < -0.4 is 5.32 Å². The number of halogens is 1. The van der Waals surface area contributed by atoms with Crippen LogP contribution in [0.5, 0.6) is 0 Å². The first-order valence-corrected chi connectivity index (χ1v) is 5.22. The first kappa shape index (κ1) is 10.3. The predicted octanol–water partition coefficient (Wildman–Crippen LogP) is 2.53. The third kappa shape index (κ3) is 2.07. The molecule has 2 N–H and O–H groups in total. The van der Waals surface area contributed by atoms with Crippen LogP contribution in [0.3, 0.4) is 0 Å². The van der Waals surface area contributed by atoms with Crippen LogP contribution in [0.25, 0.3) is 0 Å². The van der Waals surface area contributed by atoms with E-state index in [2.05, 4.69) is 5.32 Å². The molecular formula is C11H12ClNO2. The number of hydrogen-bond donors (Lipinski definition) is 2. The Kier molecular flexibility index (Phi) is 2.57. The summed E-state index contributed by atoms with van der Waals surface area (Å²) in [6.45, 7) is 1.92. The fourth-order valence-corrected chi connectivity index (χ4v) is 1.77. The van der Waals surface area contributed by atoms with Gasteiger partial charge < -0.3 is 10.4 Å². The van der Waals surface area contributed by atoms with Crippen molar-refractivity contribution in [2.24, 2.45) is 5.92 Å². The molecule has 2 atom stereocenters. The lowest BCUT2D eigenvalue weighted by Crippen LogP contribution is -2.10. The van der Waals surface area contributed by atoms with Crippen LogP contribution in [-0.4, -0.2) is 17.1 Å². The fraction of sp³-hybridized carbons (Fsp3) is 0.364. The second-order valence-electron chi connectivity index (χ2n) is 3.84. The highest BCUT2D eigenvalue weighted by Crippen LogP contribution is 2.35. The minimum absolute atomic E-state index is 0.0552. The Morgan fingerprint density at radius 1 is 1.60 bits per heavy atom. The molecule has 0 aliphatic heterocycles. The lowest BCUT2D eigenvalue weighted by molar-refractivity contribution is -0.138. The first-order chi connectivity index (χ1) is 7.09. The molecule has 0 aromatic heterocycles. The molecule has 2 unspecified atom stereocenters. The number of aliphatic carboxylic acids is 1. The largest absolute Gasteiger partial charge is 0.481 e. The van der Waals surface area contributed by atoms with Crippen molar-refractivity contribution < 1.29 is 9.90 Å². The van der Waals surface area contributed by atoms with Gasteiger partial charge in [0.25, 0.3) is 0 Å². The topological polar surface area (TPSA) is 49.3 Å². The van der Waals surface area contributed by atoms with Crippen LogP contribution in [0.15, 0.2) is 18.2 Å². The zero-order valence-corrected chi connectivity index (χ0v) is 9.08. The predicted molar refractivity (Wildman–Crippen MR) is 59.3 cm³/mol. The number of hydrogen-bond acceptors (Lipinski definition) is 2. The zero-order chi connectivity index (χ0) is 11.0. The van der Waals surface area contributed by atoms with Gasteiger partial charge in [-0.1, -0.05) is 17.7 Å². The summed E-state index contributed by atoms with van der Waals surface area (Å²) < 4.78 is 0. The van der Waals surface area contributed by atoms with Crippen LogP contribution in [0.1, 0.15) is 12.0 Å². The van der Waals surface area contributed by atoms with E-state index < -0.39 is 5.97 Å². The van der Waals surface area contributed by atoms with Crippen molar-refractivity contribution in [2.45, 2.75) is 19.4 Å². The summed E-state index contributed by atoms with van der Waals surface area (Å²) in [6, 6.07) is 5.65. The van der Waals surface area contributed by atoms with Gasteiger partial charge in [-0.25, -0.2) is 0 Å². The van der Waals surface area contributed by atoms with E-state index in [1.54, 1.807) is 0 Å². The number of anilines is 1. The molecule has 15 heavy (non-hydrogen) atoms. The highest BCUT2D eigenvalue weighted by Gasteiger charge is 2.43. The number of carbonyl (C=O) groups is 1. The molecule has 1 aromatic carbocycles. The maximum atomic E-state index is 10.6. The van der Waals surface area contributed by atoms with Gasteiger partial charge in [0.2, 0.25) is 0 Å². The van der Waals surface area contributed by atoms with Gasteiger partial charge in [0.15, 0.2) is 0 Å². The molecule has 0 radical (unpaired) electrons. The minimum Gasteiger partial charge on any atom is -0.481 e. The first-order valence-electron chi connectivity index (χ1n) is 4.84. The van der Waals surface area contributed by atoms with Crippen LogP contribution in [0.2, 0.25) is 5.02 Å². The average molecular weight is 226 g/mol. The summed E-state index contributed by atoms with van der Waals surface area (Å²) in [5.74, 6) is -0.976. The Balaban J connectivity index is 2.07. The molecule has 0 amide bonds. The summed E-state index contributed by atoms with van der Waals surface area (Å²) in [5, 5.41) is 12.7. The SMILES string of the molecule is Cc1c(Cl)cccc1NC1CC1C(=O)O. The van der Waals surface area contributed by atoms with E-state index in [-0.39, 0.29) is 12.0 Å². The summed E-state index contributed by atoms with van der Waals surface area (Å²) in [6.07, 6.45) is 0.696. The van der Waals surface area contributed by atoms with Crippen LogP contribution in [0.4, 0.5) is 5.69 Å². The van der Waals surface area contributed by atoms with Crippen LogP contribution >= 0.6 is 11.6 Å². The van der Waals surface area contributed by atoms with Crippen molar-refractivity contribution >= 4 is 23.3 Å². The second-order valence-corrected chi connectivity index (χ2v) is 4.25. The van der Waals surface area contributed by atoms with Crippen molar-refractivity contribution in [2.75, 3.05) is 5.32 Å². The summed E-state index contributed by atoms with van der Waals surface area (Å²) >= 11 is 5.96. The molecule has 0 heterocycles. The van der Waals surface area contributed by atoms with Gasteiger partial charge in [-0.2, -0.15) is 0 Å². The maximum Gasteiger partial charge on any atom is 0.308 e. The molecule has 1 fully saturated rings. The second kappa shape index (κ2) is 3.74. The quantitative estimate of drug-likeness (QED) is 0.831. The minimum atomic E-state index is -0.729. The lowest BCUT2D eigenvalue weighted by Gasteiger charge is -2.09. The standard InChI is InChI=1S/C11H12ClNO2/c1-6-8(12)3-2-4-9(6)13-10-5-7(10)11(14)15/h2-4,7,10,13H,5H2,1H3,(H,14,15). The third-order valence-corrected chi connectivity index (χ3v) is 3.13. The van der Waals surface area contributed by atoms with E-state index in [9.17, 15) is 4.79 Å². The van der Waals surface area contributed by atoms with E-state index in [1.807, 2.05) is 25.1 Å². The molecule has 1 saturated carbocycles. The smallest absolute Gasteiger partial charge is 0.308 e. The molecule has 4 heteroatoms. The van der Waals surface area contributed by atoms with Gasteiger partial charge in [0.05, 0.1) is 5.92 Å². The maximum absolute atomic E-state index is 10.6. The Labute approximate surface area is 93.1 Å². The monoisotopic (exact) mass is 225 g/mol. The third-order valence-electron chi connectivity index (χ3n) is 2.72. The zero-order valence-electron chi connectivity index (χ0n) is 8.33. The van der Waals surface area contributed by atoms with Crippen molar-refractivity contribution in [3.63, 3.8) is 0 Å². The van der Waals surface area contributed by atoms with Crippen molar-refractivity contribution in [3.05, 3.63) is 28.8 Å². The molecule has 1 aliphatic carbocycles.